The van der Waals surface area contributed by atoms with Crippen LogP contribution in [0.5, 0.6) is 0 Å². The van der Waals surface area contributed by atoms with Gasteiger partial charge in [-0.05, 0) is 42.0 Å². The molecule has 102 valence electrons. The van der Waals surface area contributed by atoms with E-state index >= 15 is 0 Å². The molecule has 3 rings (SSSR count). The molecule has 2 aliphatic carbocycles. The average molecular weight is 345 g/mol. The molecule has 1 aromatic rings. The third kappa shape index (κ3) is 2.25. The van der Waals surface area contributed by atoms with E-state index in [1.807, 2.05) is 11.8 Å². The molecule has 1 aromatic carbocycles. The highest BCUT2D eigenvalue weighted by molar-refractivity contribution is 9.10. The Morgan fingerprint density at radius 1 is 1.20 bits per heavy atom. The van der Waals surface area contributed by atoms with Crippen LogP contribution in [0.4, 0.5) is 0 Å². The van der Waals surface area contributed by atoms with Gasteiger partial charge in [0.15, 0.2) is 0 Å². The Bertz CT molecular complexity index is 651. The smallest absolute Gasteiger partial charge is 0.0486 e. The zero-order valence-electron chi connectivity index (χ0n) is 11.6. The van der Waals surface area contributed by atoms with E-state index in [0.717, 1.165) is 4.47 Å². The van der Waals surface area contributed by atoms with Crippen molar-refractivity contribution in [1.29, 1.82) is 0 Å². The van der Waals surface area contributed by atoms with E-state index in [0.29, 0.717) is 5.92 Å². The minimum atomic E-state index is 0.0755. The fourth-order valence-electron chi connectivity index (χ4n) is 3.01. The molecule has 0 N–H and O–H groups in total. The molecule has 0 radical (unpaired) electrons. The lowest BCUT2D eigenvalue weighted by atomic mass is 9.74. The molecule has 2 aliphatic rings. The highest BCUT2D eigenvalue weighted by atomic mass is 79.9. The van der Waals surface area contributed by atoms with Crippen LogP contribution in [-0.2, 0) is 0 Å². The molecular formula is C18H17BrS. The number of fused-ring (bicyclic) bond motifs is 1. The molecule has 0 heterocycles. The predicted octanol–water partition coefficient (Wildman–Crippen LogP) is 5.64. The Hall–Kier alpha value is -0.990. The Balaban J connectivity index is 2.14. The number of hydrogen-bond acceptors (Lipinski definition) is 1. The number of benzene rings is 1. The first-order chi connectivity index (χ1) is 9.65. The van der Waals surface area contributed by atoms with Crippen molar-refractivity contribution >= 4 is 33.3 Å². The molecule has 0 fully saturated rings. The van der Waals surface area contributed by atoms with Gasteiger partial charge in [0.25, 0.3) is 0 Å². The summed E-state index contributed by atoms with van der Waals surface area (Å²) in [7, 11) is 0. The van der Waals surface area contributed by atoms with Gasteiger partial charge in [0.2, 0.25) is 0 Å². The number of hydrogen-bond donors (Lipinski definition) is 0. The SMILES string of the molecule is CSC1(C)C(c2cccc(Br)c2)=CC=C2C=CC=CC21. The molecule has 2 unspecified atom stereocenters. The summed E-state index contributed by atoms with van der Waals surface area (Å²) in [5, 5.41) is 0. The fourth-order valence-corrected chi connectivity index (χ4v) is 4.28. The van der Waals surface area contributed by atoms with Crippen LogP contribution in [0.1, 0.15) is 12.5 Å². The second-order valence-corrected chi connectivity index (χ2v) is 7.46. The zero-order chi connectivity index (χ0) is 14.2. The summed E-state index contributed by atoms with van der Waals surface area (Å²) in [6.07, 6.45) is 15.6. The van der Waals surface area contributed by atoms with Gasteiger partial charge in [-0.3, -0.25) is 0 Å². The zero-order valence-corrected chi connectivity index (χ0v) is 14.0. The highest BCUT2D eigenvalue weighted by Gasteiger charge is 2.39. The quantitative estimate of drug-likeness (QED) is 0.669. The maximum absolute atomic E-state index is 3.58. The number of allylic oxidation sites excluding steroid dienone is 7. The van der Waals surface area contributed by atoms with Gasteiger partial charge in [-0.25, -0.2) is 0 Å². The number of halogens is 1. The van der Waals surface area contributed by atoms with Gasteiger partial charge in [0.05, 0.1) is 0 Å². The van der Waals surface area contributed by atoms with Crippen molar-refractivity contribution in [3.63, 3.8) is 0 Å². The van der Waals surface area contributed by atoms with Gasteiger partial charge < -0.3 is 0 Å². The van der Waals surface area contributed by atoms with Crippen LogP contribution >= 0.6 is 27.7 Å². The molecule has 0 bridgehead atoms. The maximum Gasteiger partial charge on any atom is 0.0486 e. The summed E-state index contributed by atoms with van der Waals surface area (Å²) in [6, 6.07) is 8.60. The van der Waals surface area contributed by atoms with Crippen LogP contribution in [-0.4, -0.2) is 11.0 Å². The first-order valence-electron chi connectivity index (χ1n) is 6.73. The summed E-state index contributed by atoms with van der Waals surface area (Å²) < 4.78 is 1.21. The summed E-state index contributed by atoms with van der Waals surface area (Å²) >= 11 is 5.52. The van der Waals surface area contributed by atoms with Crippen molar-refractivity contribution in [3.05, 3.63) is 76.3 Å². The van der Waals surface area contributed by atoms with Crippen molar-refractivity contribution < 1.29 is 0 Å². The van der Waals surface area contributed by atoms with Gasteiger partial charge in [-0.2, -0.15) is 11.8 Å². The lowest BCUT2D eigenvalue weighted by Crippen LogP contribution is -2.34. The van der Waals surface area contributed by atoms with E-state index in [1.165, 1.54) is 16.7 Å². The Labute approximate surface area is 133 Å². The molecule has 0 amide bonds. The number of thioether (sulfide) groups is 1. The van der Waals surface area contributed by atoms with Crippen LogP contribution in [0, 0.1) is 5.92 Å². The monoisotopic (exact) mass is 344 g/mol. The summed E-state index contributed by atoms with van der Waals surface area (Å²) in [4.78, 5) is 0. The van der Waals surface area contributed by atoms with Crippen molar-refractivity contribution in [2.45, 2.75) is 11.7 Å². The Kier molecular flexibility index (Phi) is 3.78. The second-order valence-electron chi connectivity index (χ2n) is 5.29. The van der Waals surface area contributed by atoms with Gasteiger partial charge in [0.1, 0.15) is 0 Å². The molecule has 0 nitrogen and oxygen atoms in total. The molecule has 2 atom stereocenters. The molecule has 0 aliphatic heterocycles. The second kappa shape index (κ2) is 5.42. The topological polar surface area (TPSA) is 0 Å². The minimum absolute atomic E-state index is 0.0755. The highest BCUT2D eigenvalue weighted by Crippen LogP contribution is 2.50. The van der Waals surface area contributed by atoms with Crippen LogP contribution in [0.2, 0.25) is 0 Å². The Morgan fingerprint density at radius 2 is 2.05 bits per heavy atom. The van der Waals surface area contributed by atoms with Crippen LogP contribution in [0.3, 0.4) is 0 Å². The molecule has 2 heteroatoms. The summed E-state index contributed by atoms with van der Waals surface area (Å²) in [5.74, 6) is 0.446. The van der Waals surface area contributed by atoms with E-state index in [2.05, 4.69) is 89.8 Å². The third-order valence-electron chi connectivity index (χ3n) is 4.19. The van der Waals surface area contributed by atoms with Crippen molar-refractivity contribution in [2.24, 2.45) is 5.92 Å². The van der Waals surface area contributed by atoms with Gasteiger partial charge >= 0.3 is 0 Å². The molecule has 0 saturated carbocycles. The molecule has 0 saturated heterocycles. The summed E-state index contributed by atoms with van der Waals surface area (Å²) in [6.45, 7) is 2.35. The average Bonchev–Trinajstić information content (AvgIpc) is 2.48. The first-order valence-corrected chi connectivity index (χ1v) is 8.75. The predicted molar refractivity (Wildman–Crippen MR) is 93.9 cm³/mol. The lowest BCUT2D eigenvalue weighted by molar-refractivity contribution is 0.649. The third-order valence-corrected chi connectivity index (χ3v) is 6.01. The van der Waals surface area contributed by atoms with Crippen molar-refractivity contribution in [2.75, 3.05) is 6.26 Å². The van der Waals surface area contributed by atoms with Crippen LogP contribution in [0.25, 0.3) is 5.57 Å². The van der Waals surface area contributed by atoms with E-state index in [4.69, 9.17) is 0 Å². The van der Waals surface area contributed by atoms with Gasteiger partial charge in [-0.15, -0.1) is 0 Å². The van der Waals surface area contributed by atoms with Crippen molar-refractivity contribution in [1.82, 2.24) is 0 Å². The molecular weight excluding hydrogens is 328 g/mol. The minimum Gasteiger partial charge on any atom is -0.153 e. The molecule has 20 heavy (non-hydrogen) atoms. The van der Waals surface area contributed by atoms with Gasteiger partial charge in [0, 0.05) is 15.1 Å². The fraction of sp³-hybridized carbons (Fsp3) is 0.222. The Morgan fingerprint density at radius 3 is 2.80 bits per heavy atom. The van der Waals surface area contributed by atoms with E-state index in [1.54, 1.807) is 0 Å². The van der Waals surface area contributed by atoms with E-state index in [9.17, 15) is 0 Å². The first kappa shape index (κ1) is 14.0. The molecule has 0 aromatic heterocycles. The maximum atomic E-state index is 3.58. The standard InChI is InChI=1S/C18H17BrS/c1-18(20-2)16-9-4-3-6-13(16)10-11-17(18)14-7-5-8-15(19)12-14/h3-12,16H,1-2H3. The summed E-state index contributed by atoms with van der Waals surface area (Å²) in [5.41, 5.74) is 4.11. The van der Waals surface area contributed by atoms with E-state index < -0.39 is 0 Å². The van der Waals surface area contributed by atoms with Crippen LogP contribution in [0.15, 0.2) is 70.8 Å². The molecule has 0 spiro atoms. The lowest BCUT2D eigenvalue weighted by Gasteiger charge is -2.41. The van der Waals surface area contributed by atoms with Crippen LogP contribution < -0.4 is 0 Å². The van der Waals surface area contributed by atoms with E-state index in [-0.39, 0.29) is 4.75 Å². The van der Waals surface area contributed by atoms with Gasteiger partial charge in [-0.1, -0.05) is 64.5 Å². The largest absolute Gasteiger partial charge is 0.153 e. The van der Waals surface area contributed by atoms with Crippen molar-refractivity contribution in [3.8, 4) is 0 Å². The normalized spacial score (nSPS) is 27.9. The number of rotatable bonds is 2.